The molecule has 0 fully saturated rings. The van der Waals surface area contributed by atoms with E-state index in [-0.39, 0.29) is 20.5 Å². The number of benzene rings is 3. The van der Waals surface area contributed by atoms with Crippen molar-refractivity contribution in [2.75, 3.05) is 10.2 Å². The quantitative estimate of drug-likeness (QED) is 0.276. The van der Waals surface area contributed by atoms with Crippen molar-refractivity contribution in [3.63, 3.8) is 0 Å². The van der Waals surface area contributed by atoms with Crippen LogP contribution >= 0.6 is 31.9 Å². The third-order valence-corrected chi connectivity index (χ3v) is 6.31. The molecule has 0 saturated carbocycles. The van der Waals surface area contributed by atoms with Gasteiger partial charge in [0, 0.05) is 11.1 Å². The van der Waals surface area contributed by atoms with E-state index in [4.69, 9.17) is 0 Å². The molecule has 4 aromatic carbocycles. The van der Waals surface area contributed by atoms with Crippen molar-refractivity contribution in [3.8, 4) is 5.75 Å². The molecule has 0 aliphatic heterocycles. The lowest BCUT2D eigenvalue weighted by Gasteiger charge is -2.25. The van der Waals surface area contributed by atoms with Gasteiger partial charge in [0.05, 0.1) is 26.0 Å². The second-order valence-corrected chi connectivity index (χ2v) is 9.14. The van der Waals surface area contributed by atoms with Gasteiger partial charge in [0.2, 0.25) is 5.43 Å². The predicted molar refractivity (Wildman–Crippen MR) is 144 cm³/mol. The lowest BCUT2D eigenvalue weighted by Crippen LogP contribution is -2.27. The summed E-state index contributed by atoms with van der Waals surface area (Å²) < 4.78 is 0.173. The van der Waals surface area contributed by atoms with Gasteiger partial charge in [-0.2, -0.15) is 0 Å². The zero-order chi connectivity index (χ0) is 24.9. The molecule has 0 heterocycles. The molecular weight excluding hydrogens is 576 g/mol. The van der Waals surface area contributed by atoms with Gasteiger partial charge < -0.3 is 10.4 Å². The number of anilines is 3. The maximum absolute atomic E-state index is 13.8. The molecule has 174 valence electrons. The number of rotatable bonds is 5. The monoisotopic (exact) mass is 592 g/mol. The van der Waals surface area contributed by atoms with Crippen molar-refractivity contribution >= 4 is 60.7 Å². The first-order valence-corrected chi connectivity index (χ1v) is 12.0. The maximum Gasteiger partial charge on any atom is 0.262 e. The molecule has 2 N–H and O–H groups in total. The molecule has 4 rings (SSSR count). The molecule has 0 bridgehead atoms. The van der Waals surface area contributed by atoms with E-state index in [1.807, 2.05) is 6.07 Å². The van der Waals surface area contributed by atoms with Gasteiger partial charge in [0.25, 0.3) is 11.8 Å². The van der Waals surface area contributed by atoms with E-state index in [0.29, 0.717) is 22.5 Å². The van der Waals surface area contributed by atoms with E-state index in [0.717, 1.165) is 0 Å². The fourth-order valence-electron chi connectivity index (χ4n) is 3.42. The normalized spacial score (nSPS) is 10.5. The lowest BCUT2D eigenvalue weighted by atomic mass is 10.1. The van der Waals surface area contributed by atoms with Gasteiger partial charge in [0.1, 0.15) is 0 Å². The second kappa shape index (κ2) is 10.7. The predicted octanol–water partition coefficient (Wildman–Crippen LogP) is 6.51. The molecule has 0 aliphatic rings. The molecule has 2 amide bonds. The molecule has 0 aliphatic carbocycles. The minimum atomic E-state index is -0.638. The van der Waals surface area contributed by atoms with Crippen molar-refractivity contribution in [1.29, 1.82) is 0 Å². The Hall–Kier alpha value is -3.75. The Morgan fingerprint density at radius 1 is 0.743 bits per heavy atom. The molecule has 0 saturated heterocycles. The number of hydrogen-bond acceptors (Lipinski definition) is 4. The Morgan fingerprint density at radius 3 is 1.94 bits per heavy atom. The average Bonchev–Trinajstić information content (AvgIpc) is 2.98. The number of nitrogens with one attached hydrogen (secondary N) is 1. The van der Waals surface area contributed by atoms with E-state index < -0.39 is 17.1 Å². The number of hydrogen-bond donors (Lipinski definition) is 2. The summed E-state index contributed by atoms with van der Waals surface area (Å²) in [4.78, 5) is 40.5. The Balaban J connectivity index is 1.90. The van der Waals surface area contributed by atoms with Gasteiger partial charge in [-0.05, 0) is 80.4 Å². The third kappa shape index (κ3) is 5.34. The summed E-state index contributed by atoms with van der Waals surface area (Å²) >= 11 is 6.41. The van der Waals surface area contributed by atoms with Crippen molar-refractivity contribution in [1.82, 2.24) is 0 Å². The highest BCUT2D eigenvalue weighted by Crippen LogP contribution is 2.36. The van der Waals surface area contributed by atoms with Gasteiger partial charge in [-0.25, -0.2) is 0 Å². The van der Waals surface area contributed by atoms with E-state index in [1.165, 1.54) is 17.0 Å². The van der Waals surface area contributed by atoms with Crippen LogP contribution in [-0.2, 0) is 0 Å². The summed E-state index contributed by atoms with van der Waals surface area (Å²) in [5, 5.41) is 13.1. The molecule has 0 aromatic heterocycles. The highest BCUT2D eigenvalue weighted by atomic mass is 79.9. The Kier molecular flexibility index (Phi) is 7.43. The smallest absolute Gasteiger partial charge is 0.262 e. The molecular formula is C27H18Br2N2O4. The number of aromatic hydroxyl groups is 1. The van der Waals surface area contributed by atoms with Crippen LogP contribution in [0.2, 0.25) is 0 Å². The Labute approximate surface area is 218 Å². The van der Waals surface area contributed by atoms with Crippen LogP contribution in [0.15, 0.2) is 111 Å². The first-order chi connectivity index (χ1) is 16.9. The minimum Gasteiger partial charge on any atom is -0.503 e. The summed E-state index contributed by atoms with van der Waals surface area (Å²) in [6.07, 6.45) is 0. The number of amides is 2. The largest absolute Gasteiger partial charge is 0.503 e. The minimum absolute atomic E-state index is 0.0624. The highest BCUT2D eigenvalue weighted by molar-refractivity contribution is 9.11. The van der Waals surface area contributed by atoms with Crippen LogP contribution in [0.1, 0.15) is 20.7 Å². The van der Waals surface area contributed by atoms with Gasteiger partial charge >= 0.3 is 0 Å². The van der Waals surface area contributed by atoms with Crippen LogP contribution in [0, 0.1) is 0 Å². The SMILES string of the molecule is O=C(Nc1ccccc1N(C(=O)c1ccccc1)c1cc(Br)c(O)c(=O)c(Br)c1)c1ccccc1. The molecule has 35 heavy (non-hydrogen) atoms. The van der Waals surface area contributed by atoms with Gasteiger partial charge in [0.15, 0.2) is 5.75 Å². The molecule has 6 nitrogen and oxygen atoms in total. The molecule has 0 spiro atoms. The number of halogens is 2. The van der Waals surface area contributed by atoms with Gasteiger partial charge in [-0.3, -0.25) is 19.3 Å². The summed E-state index contributed by atoms with van der Waals surface area (Å²) in [5.41, 5.74) is 1.26. The van der Waals surface area contributed by atoms with Crippen LogP contribution in [0.3, 0.4) is 0 Å². The molecule has 0 unspecified atom stereocenters. The van der Waals surface area contributed by atoms with Crippen molar-refractivity contribution < 1.29 is 14.7 Å². The summed E-state index contributed by atoms with van der Waals surface area (Å²) in [7, 11) is 0. The highest BCUT2D eigenvalue weighted by Gasteiger charge is 2.24. The van der Waals surface area contributed by atoms with E-state index in [9.17, 15) is 19.5 Å². The number of carbonyl (C=O) groups is 2. The van der Waals surface area contributed by atoms with Crippen LogP contribution in [0.4, 0.5) is 17.1 Å². The first-order valence-electron chi connectivity index (χ1n) is 10.4. The van der Waals surface area contributed by atoms with Crippen LogP contribution in [0.25, 0.3) is 0 Å². The summed E-state index contributed by atoms with van der Waals surface area (Å²) in [6.45, 7) is 0. The molecule has 4 aromatic rings. The number of carbonyl (C=O) groups excluding carboxylic acids is 2. The lowest BCUT2D eigenvalue weighted by molar-refractivity contribution is 0.0995. The second-order valence-electron chi connectivity index (χ2n) is 7.43. The topological polar surface area (TPSA) is 86.7 Å². The average molecular weight is 594 g/mol. The molecule has 0 radical (unpaired) electrons. The van der Waals surface area contributed by atoms with Gasteiger partial charge in [-0.1, -0.05) is 48.5 Å². The van der Waals surface area contributed by atoms with E-state index in [2.05, 4.69) is 37.2 Å². The Bertz CT molecular complexity index is 1460. The van der Waals surface area contributed by atoms with Gasteiger partial charge in [-0.15, -0.1) is 0 Å². The summed E-state index contributed by atoms with van der Waals surface area (Å²) in [6, 6.07) is 27.1. The fraction of sp³-hybridized carbons (Fsp3) is 0. The van der Waals surface area contributed by atoms with Crippen molar-refractivity contribution in [2.24, 2.45) is 0 Å². The zero-order valence-corrected chi connectivity index (χ0v) is 21.3. The van der Waals surface area contributed by atoms with Crippen LogP contribution < -0.4 is 15.6 Å². The van der Waals surface area contributed by atoms with E-state index in [1.54, 1.807) is 78.9 Å². The fourth-order valence-corrected chi connectivity index (χ4v) is 4.26. The zero-order valence-electron chi connectivity index (χ0n) is 18.1. The molecule has 8 heteroatoms. The van der Waals surface area contributed by atoms with E-state index >= 15 is 0 Å². The molecule has 0 atom stereocenters. The standard InChI is InChI=1S/C27H18Br2N2O4/c28-20-15-19(16-21(29)25(33)24(20)32)31(27(35)18-11-5-2-6-12-18)23-14-8-7-13-22(23)30-26(34)17-9-3-1-4-10-17/h1-16H,(H,30,34)(H,32,33). The summed E-state index contributed by atoms with van der Waals surface area (Å²) in [5.74, 6) is -1.24. The van der Waals surface area contributed by atoms with Crippen molar-refractivity contribution in [3.05, 3.63) is 127 Å². The number of para-hydroxylation sites is 2. The maximum atomic E-state index is 13.8. The van der Waals surface area contributed by atoms with Crippen molar-refractivity contribution in [2.45, 2.75) is 0 Å². The van der Waals surface area contributed by atoms with Crippen LogP contribution in [0.5, 0.6) is 5.75 Å². The first kappa shape index (κ1) is 24.4. The number of nitrogens with zero attached hydrogens (tertiary/aromatic N) is 1. The van der Waals surface area contributed by atoms with Crippen LogP contribution in [-0.4, -0.2) is 16.9 Å². The Morgan fingerprint density at radius 2 is 1.29 bits per heavy atom. The third-order valence-electron chi connectivity index (χ3n) is 5.12.